The lowest BCUT2D eigenvalue weighted by Gasteiger charge is -2.14. The van der Waals surface area contributed by atoms with Gasteiger partial charge in [0.1, 0.15) is 5.75 Å². The summed E-state index contributed by atoms with van der Waals surface area (Å²) in [5, 5.41) is 10.5. The van der Waals surface area contributed by atoms with Crippen LogP contribution in [0.3, 0.4) is 0 Å². The van der Waals surface area contributed by atoms with Crippen LogP contribution in [0.4, 0.5) is 0 Å². The summed E-state index contributed by atoms with van der Waals surface area (Å²) in [7, 11) is 0. The van der Waals surface area contributed by atoms with Gasteiger partial charge in [0.05, 0.1) is 17.8 Å². The third kappa shape index (κ3) is 5.04. The van der Waals surface area contributed by atoms with Gasteiger partial charge in [-0.15, -0.1) is 10.2 Å². The van der Waals surface area contributed by atoms with Gasteiger partial charge in [-0.1, -0.05) is 79.6 Å². The maximum Gasteiger partial charge on any atom is 0.169 e. The number of unbranched alkanes of at least 4 members (excludes halogenated alkanes) is 1. The molecule has 0 bridgehead atoms. The molecule has 6 aromatic rings. The summed E-state index contributed by atoms with van der Waals surface area (Å²) in [6, 6.07) is 37.2. The van der Waals surface area contributed by atoms with Gasteiger partial charge in [-0.2, -0.15) is 0 Å². The van der Waals surface area contributed by atoms with E-state index >= 15 is 0 Å². The van der Waals surface area contributed by atoms with Gasteiger partial charge in [-0.25, -0.2) is 4.98 Å². The second kappa shape index (κ2) is 10.9. The van der Waals surface area contributed by atoms with Gasteiger partial charge in [0.25, 0.3) is 0 Å². The Bertz CT molecular complexity index is 1710. The molecule has 0 fully saturated rings. The van der Waals surface area contributed by atoms with Gasteiger partial charge < -0.3 is 4.74 Å². The van der Waals surface area contributed by atoms with Crippen LogP contribution < -0.4 is 4.74 Å². The van der Waals surface area contributed by atoms with Crippen LogP contribution in [0, 0.1) is 6.92 Å². The molecule has 0 amide bonds. The molecule has 5 heteroatoms. The smallest absolute Gasteiger partial charge is 0.169 e. The topological polar surface area (TPSA) is 52.8 Å². The number of fused-ring (bicyclic) bond motifs is 1. The normalized spacial score (nSPS) is 11.1. The Morgan fingerprint density at radius 1 is 0.718 bits per heavy atom. The highest BCUT2D eigenvalue weighted by molar-refractivity contribution is 5.95. The van der Waals surface area contributed by atoms with Gasteiger partial charge in [-0.05, 0) is 61.9 Å². The number of hydrogen-bond donors (Lipinski definition) is 0. The quantitative estimate of drug-likeness (QED) is 0.193. The maximum atomic E-state index is 5.89. The van der Waals surface area contributed by atoms with E-state index in [1.54, 1.807) is 0 Å². The van der Waals surface area contributed by atoms with Crippen LogP contribution in [-0.4, -0.2) is 26.4 Å². The minimum Gasteiger partial charge on any atom is -0.494 e. The predicted molar refractivity (Wildman–Crippen MR) is 158 cm³/mol. The number of rotatable bonds is 8. The standard InChI is InChI=1S/C34H30N4O/c1-3-4-22-39-28-20-18-26(19-21-28)33-36-37-34(38(33)27-10-6-5-7-11-27)30-23-32(25-16-14-24(2)15-17-25)35-31-13-9-8-12-29(30)31/h5-21,23H,3-4,22H2,1-2H3. The van der Waals surface area contributed by atoms with Gasteiger partial charge in [0, 0.05) is 27.8 Å². The second-order valence-electron chi connectivity index (χ2n) is 9.68. The number of benzene rings is 4. The fourth-order valence-electron chi connectivity index (χ4n) is 4.73. The molecule has 2 aromatic heterocycles. The number of ether oxygens (including phenoxy) is 1. The molecule has 0 aliphatic rings. The Labute approximate surface area is 228 Å². The first-order chi connectivity index (χ1) is 19.2. The molecule has 0 spiro atoms. The monoisotopic (exact) mass is 510 g/mol. The first-order valence-corrected chi connectivity index (χ1v) is 13.4. The molecule has 4 aromatic carbocycles. The summed E-state index contributed by atoms with van der Waals surface area (Å²) in [6.07, 6.45) is 2.15. The van der Waals surface area contributed by atoms with E-state index in [9.17, 15) is 0 Å². The number of aryl methyl sites for hydroxylation is 1. The summed E-state index contributed by atoms with van der Waals surface area (Å²) in [6.45, 7) is 4.98. The molecule has 0 N–H and O–H groups in total. The average molecular weight is 511 g/mol. The van der Waals surface area contributed by atoms with E-state index in [0.29, 0.717) is 0 Å². The van der Waals surface area contributed by atoms with Crippen molar-refractivity contribution >= 4 is 10.9 Å². The van der Waals surface area contributed by atoms with Gasteiger partial charge in [0.15, 0.2) is 11.6 Å². The number of hydrogen-bond acceptors (Lipinski definition) is 4. The van der Waals surface area contributed by atoms with Crippen molar-refractivity contribution in [3.8, 4) is 45.5 Å². The SMILES string of the molecule is CCCCOc1ccc(-c2nnc(-c3cc(-c4ccc(C)cc4)nc4ccccc34)n2-c2ccccc2)cc1. The molecule has 5 nitrogen and oxygen atoms in total. The number of pyridine rings is 1. The van der Waals surface area contributed by atoms with E-state index in [0.717, 1.165) is 75.8 Å². The van der Waals surface area contributed by atoms with Crippen molar-refractivity contribution in [1.82, 2.24) is 19.7 Å². The first kappa shape index (κ1) is 24.6. The summed E-state index contributed by atoms with van der Waals surface area (Å²) in [5.41, 5.74) is 7.06. The first-order valence-electron chi connectivity index (χ1n) is 13.4. The minimum atomic E-state index is 0.721. The third-order valence-electron chi connectivity index (χ3n) is 6.86. The number of nitrogens with zero attached hydrogens (tertiary/aromatic N) is 4. The molecule has 0 aliphatic heterocycles. The molecule has 0 saturated carbocycles. The zero-order valence-corrected chi connectivity index (χ0v) is 22.2. The van der Waals surface area contributed by atoms with Crippen molar-refractivity contribution < 1.29 is 4.74 Å². The lowest BCUT2D eigenvalue weighted by atomic mass is 10.0. The van der Waals surface area contributed by atoms with Gasteiger partial charge in [-0.3, -0.25) is 4.57 Å². The van der Waals surface area contributed by atoms with Crippen LogP contribution in [0.1, 0.15) is 25.3 Å². The highest BCUT2D eigenvalue weighted by atomic mass is 16.5. The zero-order valence-electron chi connectivity index (χ0n) is 22.2. The fourth-order valence-corrected chi connectivity index (χ4v) is 4.73. The summed E-state index contributed by atoms with van der Waals surface area (Å²) < 4.78 is 8.02. The van der Waals surface area contributed by atoms with E-state index in [4.69, 9.17) is 19.9 Å². The highest BCUT2D eigenvalue weighted by Crippen LogP contribution is 2.35. The molecular weight excluding hydrogens is 480 g/mol. The molecule has 0 saturated heterocycles. The maximum absolute atomic E-state index is 5.89. The van der Waals surface area contributed by atoms with Crippen LogP contribution >= 0.6 is 0 Å². The van der Waals surface area contributed by atoms with Crippen molar-refractivity contribution in [2.45, 2.75) is 26.7 Å². The summed E-state index contributed by atoms with van der Waals surface area (Å²) in [5.74, 6) is 2.40. The molecule has 6 rings (SSSR count). The lowest BCUT2D eigenvalue weighted by molar-refractivity contribution is 0.309. The summed E-state index contributed by atoms with van der Waals surface area (Å²) >= 11 is 0. The molecular formula is C34H30N4O. The van der Waals surface area contributed by atoms with Crippen LogP contribution in [-0.2, 0) is 0 Å². The van der Waals surface area contributed by atoms with E-state index < -0.39 is 0 Å². The van der Waals surface area contributed by atoms with Crippen LogP contribution in [0.25, 0.3) is 50.6 Å². The van der Waals surface area contributed by atoms with Crippen molar-refractivity contribution in [3.63, 3.8) is 0 Å². The van der Waals surface area contributed by atoms with Crippen molar-refractivity contribution in [3.05, 3.63) is 115 Å². The van der Waals surface area contributed by atoms with E-state index in [-0.39, 0.29) is 0 Å². The number of para-hydroxylation sites is 2. The zero-order chi connectivity index (χ0) is 26.6. The third-order valence-corrected chi connectivity index (χ3v) is 6.86. The second-order valence-corrected chi connectivity index (χ2v) is 9.68. The fraction of sp³-hybridized carbons (Fsp3) is 0.147. The molecule has 0 atom stereocenters. The van der Waals surface area contributed by atoms with Crippen LogP contribution in [0.2, 0.25) is 0 Å². The van der Waals surface area contributed by atoms with E-state index in [1.165, 1.54) is 5.56 Å². The molecule has 192 valence electrons. The van der Waals surface area contributed by atoms with E-state index in [1.807, 2.05) is 42.5 Å². The Morgan fingerprint density at radius 3 is 2.18 bits per heavy atom. The summed E-state index contributed by atoms with van der Waals surface area (Å²) in [4.78, 5) is 5.00. The average Bonchev–Trinajstić information content (AvgIpc) is 3.43. The lowest BCUT2D eigenvalue weighted by Crippen LogP contribution is -2.01. The van der Waals surface area contributed by atoms with Crippen molar-refractivity contribution in [2.24, 2.45) is 0 Å². The highest BCUT2D eigenvalue weighted by Gasteiger charge is 2.20. The molecule has 0 unspecified atom stereocenters. The van der Waals surface area contributed by atoms with Gasteiger partial charge in [0.2, 0.25) is 0 Å². The molecule has 0 aliphatic carbocycles. The van der Waals surface area contributed by atoms with E-state index in [2.05, 4.69) is 85.1 Å². The van der Waals surface area contributed by atoms with Crippen molar-refractivity contribution in [2.75, 3.05) is 6.61 Å². The van der Waals surface area contributed by atoms with Gasteiger partial charge >= 0.3 is 0 Å². The Balaban J connectivity index is 1.52. The largest absolute Gasteiger partial charge is 0.494 e. The predicted octanol–water partition coefficient (Wildman–Crippen LogP) is 8.30. The Morgan fingerprint density at radius 2 is 1.41 bits per heavy atom. The Hall–Kier alpha value is -4.77. The van der Waals surface area contributed by atoms with Crippen LogP contribution in [0.5, 0.6) is 5.75 Å². The molecule has 0 radical (unpaired) electrons. The Kier molecular flexibility index (Phi) is 6.88. The van der Waals surface area contributed by atoms with Crippen LogP contribution in [0.15, 0.2) is 109 Å². The minimum absolute atomic E-state index is 0.721. The van der Waals surface area contributed by atoms with Crippen molar-refractivity contribution in [1.29, 1.82) is 0 Å². The molecule has 2 heterocycles. The molecule has 39 heavy (non-hydrogen) atoms. The number of aromatic nitrogens is 4.